The highest BCUT2D eigenvalue weighted by atomic mass is 35.5. The summed E-state index contributed by atoms with van der Waals surface area (Å²) in [5, 5.41) is 11.2. The van der Waals surface area contributed by atoms with E-state index in [9.17, 15) is 9.90 Å². The Morgan fingerprint density at radius 1 is 1.36 bits per heavy atom. The molecular formula is C16H17Cl2NO3. The predicted octanol–water partition coefficient (Wildman–Crippen LogP) is 2.76. The van der Waals surface area contributed by atoms with E-state index in [-0.39, 0.29) is 12.1 Å². The average Bonchev–Trinajstić information content (AvgIpc) is 2.68. The van der Waals surface area contributed by atoms with Gasteiger partial charge in [0.1, 0.15) is 0 Å². The molecule has 0 spiro atoms. The third-order valence-corrected chi connectivity index (χ3v) is 5.37. The van der Waals surface area contributed by atoms with Crippen molar-refractivity contribution in [1.29, 1.82) is 0 Å². The van der Waals surface area contributed by atoms with Gasteiger partial charge in [-0.05, 0) is 43.2 Å². The molecule has 0 aromatic heterocycles. The summed E-state index contributed by atoms with van der Waals surface area (Å²) in [7, 11) is 3.29. The van der Waals surface area contributed by atoms with Crippen molar-refractivity contribution in [3.05, 3.63) is 39.4 Å². The number of aliphatic hydroxyl groups is 1. The molecule has 1 fully saturated rings. The van der Waals surface area contributed by atoms with Crippen molar-refractivity contribution in [2.75, 3.05) is 14.2 Å². The van der Waals surface area contributed by atoms with Gasteiger partial charge in [0.2, 0.25) is 0 Å². The standard InChI is InChI=1S/C16H17Cl2NO3/c1-19-9-6-10(8-3-4-11(17)12(18)5-8)14(16(21)22-2)15(19)13(20)7-9/h3-5,9,13,15,20H,6-7H2,1-2H3/t9?,13-,15+/m0/s1. The highest BCUT2D eigenvalue weighted by Crippen LogP contribution is 2.43. The van der Waals surface area contributed by atoms with E-state index in [2.05, 4.69) is 4.90 Å². The summed E-state index contributed by atoms with van der Waals surface area (Å²) in [5.41, 5.74) is 2.26. The molecule has 1 N–H and O–H groups in total. The van der Waals surface area contributed by atoms with Gasteiger partial charge < -0.3 is 9.84 Å². The summed E-state index contributed by atoms with van der Waals surface area (Å²) in [5.74, 6) is -0.405. The molecule has 0 amide bonds. The molecule has 2 bridgehead atoms. The molecule has 1 unspecified atom stereocenters. The Labute approximate surface area is 139 Å². The minimum Gasteiger partial charge on any atom is -0.466 e. The summed E-state index contributed by atoms with van der Waals surface area (Å²) in [6, 6.07) is 5.20. The van der Waals surface area contributed by atoms with Crippen LogP contribution in [-0.2, 0) is 9.53 Å². The third kappa shape index (κ3) is 2.44. The number of methoxy groups -OCH3 is 1. The first-order valence-electron chi connectivity index (χ1n) is 7.10. The smallest absolute Gasteiger partial charge is 0.335 e. The quantitative estimate of drug-likeness (QED) is 0.840. The molecule has 1 aromatic carbocycles. The zero-order valence-electron chi connectivity index (χ0n) is 12.3. The first-order chi connectivity index (χ1) is 10.4. The van der Waals surface area contributed by atoms with Crippen LogP contribution in [0.1, 0.15) is 18.4 Å². The van der Waals surface area contributed by atoms with Gasteiger partial charge in [0.15, 0.2) is 0 Å². The van der Waals surface area contributed by atoms with Crippen LogP contribution in [0.25, 0.3) is 5.57 Å². The predicted molar refractivity (Wildman–Crippen MR) is 86.0 cm³/mol. The summed E-state index contributed by atoms with van der Waals surface area (Å²) in [6.45, 7) is 0. The molecule has 3 rings (SSSR count). The molecule has 0 saturated carbocycles. The summed E-state index contributed by atoms with van der Waals surface area (Å²) >= 11 is 12.1. The van der Waals surface area contributed by atoms with E-state index in [0.29, 0.717) is 28.5 Å². The lowest BCUT2D eigenvalue weighted by Crippen LogP contribution is -2.43. The number of likely N-dealkylation sites (N-methyl/N-ethyl adjacent to an activating group) is 1. The van der Waals surface area contributed by atoms with E-state index >= 15 is 0 Å². The van der Waals surface area contributed by atoms with Crippen molar-refractivity contribution in [3.8, 4) is 0 Å². The highest BCUT2D eigenvalue weighted by Gasteiger charge is 2.47. The fourth-order valence-electron chi connectivity index (χ4n) is 3.53. The van der Waals surface area contributed by atoms with E-state index in [1.807, 2.05) is 13.1 Å². The third-order valence-electron chi connectivity index (χ3n) is 4.63. The molecule has 4 nitrogen and oxygen atoms in total. The van der Waals surface area contributed by atoms with Gasteiger partial charge in [-0.15, -0.1) is 0 Å². The Morgan fingerprint density at radius 3 is 2.73 bits per heavy atom. The van der Waals surface area contributed by atoms with Crippen LogP contribution in [0.15, 0.2) is 23.8 Å². The molecule has 0 radical (unpaired) electrons. The van der Waals surface area contributed by atoms with Gasteiger partial charge in [-0.1, -0.05) is 29.3 Å². The molecule has 0 aliphatic carbocycles. The van der Waals surface area contributed by atoms with E-state index in [0.717, 1.165) is 11.1 Å². The van der Waals surface area contributed by atoms with Crippen LogP contribution in [0, 0.1) is 0 Å². The lowest BCUT2D eigenvalue weighted by Gasteiger charge is -2.34. The number of carbonyl (C=O) groups excluding carboxylic acids is 1. The molecule has 2 heterocycles. The zero-order chi connectivity index (χ0) is 16.0. The first kappa shape index (κ1) is 15.8. The molecular weight excluding hydrogens is 325 g/mol. The normalized spacial score (nSPS) is 28.1. The van der Waals surface area contributed by atoms with Crippen molar-refractivity contribution in [1.82, 2.24) is 4.90 Å². The fraction of sp³-hybridized carbons (Fsp3) is 0.438. The SMILES string of the molecule is COC(=O)C1=C(c2ccc(Cl)c(Cl)c2)CC2C[C@H](O)[C@H]1N2C. The van der Waals surface area contributed by atoms with E-state index < -0.39 is 12.1 Å². The summed E-state index contributed by atoms with van der Waals surface area (Å²) in [4.78, 5) is 14.4. The largest absolute Gasteiger partial charge is 0.466 e. The van der Waals surface area contributed by atoms with Gasteiger partial charge in [0.05, 0.1) is 34.9 Å². The second-order valence-corrected chi connectivity index (χ2v) is 6.60. The minimum absolute atomic E-state index is 0.206. The number of halogens is 2. The number of nitrogens with zero attached hydrogens (tertiary/aromatic N) is 1. The lowest BCUT2D eigenvalue weighted by molar-refractivity contribution is -0.137. The van der Waals surface area contributed by atoms with Crippen molar-refractivity contribution in [2.45, 2.75) is 31.0 Å². The van der Waals surface area contributed by atoms with Crippen LogP contribution in [-0.4, -0.2) is 48.3 Å². The van der Waals surface area contributed by atoms with Gasteiger partial charge in [-0.25, -0.2) is 4.79 Å². The molecule has 3 atom stereocenters. The second-order valence-electron chi connectivity index (χ2n) is 5.78. The van der Waals surface area contributed by atoms with E-state index in [1.54, 1.807) is 12.1 Å². The van der Waals surface area contributed by atoms with Crippen LogP contribution < -0.4 is 0 Å². The van der Waals surface area contributed by atoms with Gasteiger partial charge in [0.25, 0.3) is 0 Å². The molecule has 2 aliphatic heterocycles. The van der Waals surface area contributed by atoms with Crippen molar-refractivity contribution >= 4 is 34.7 Å². The number of rotatable bonds is 2. The Morgan fingerprint density at radius 2 is 2.09 bits per heavy atom. The maximum Gasteiger partial charge on any atom is 0.335 e. The van der Waals surface area contributed by atoms with Crippen molar-refractivity contribution in [2.24, 2.45) is 0 Å². The van der Waals surface area contributed by atoms with Crippen molar-refractivity contribution < 1.29 is 14.6 Å². The Kier molecular flexibility index (Phi) is 4.21. The highest BCUT2D eigenvalue weighted by molar-refractivity contribution is 6.42. The van der Waals surface area contributed by atoms with E-state index in [1.165, 1.54) is 7.11 Å². The number of fused-ring (bicyclic) bond motifs is 2. The van der Waals surface area contributed by atoms with Gasteiger partial charge in [-0.2, -0.15) is 0 Å². The molecule has 118 valence electrons. The number of ether oxygens (including phenoxy) is 1. The molecule has 2 aliphatic rings. The molecule has 22 heavy (non-hydrogen) atoms. The zero-order valence-corrected chi connectivity index (χ0v) is 13.9. The van der Waals surface area contributed by atoms with Gasteiger partial charge in [0, 0.05) is 6.04 Å². The summed E-state index contributed by atoms with van der Waals surface area (Å²) < 4.78 is 4.95. The maximum atomic E-state index is 12.3. The van der Waals surface area contributed by atoms with Gasteiger partial charge in [-0.3, -0.25) is 4.90 Å². The fourth-order valence-corrected chi connectivity index (χ4v) is 3.83. The Bertz CT molecular complexity index is 659. The minimum atomic E-state index is -0.565. The Hall–Kier alpha value is -1.07. The number of benzene rings is 1. The molecule has 1 saturated heterocycles. The molecule has 6 heteroatoms. The number of esters is 1. The Balaban J connectivity index is 2.16. The second kappa shape index (κ2) is 5.85. The first-order valence-corrected chi connectivity index (χ1v) is 7.86. The number of aliphatic hydroxyl groups excluding tert-OH is 1. The monoisotopic (exact) mass is 341 g/mol. The van der Waals surface area contributed by atoms with Gasteiger partial charge >= 0.3 is 5.97 Å². The number of hydrogen-bond donors (Lipinski definition) is 1. The van der Waals surface area contributed by atoms with Crippen LogP contribution in [0.4, 0.5) is 0 Å². The lowest BCUT2D eigenvalue weighted by atomic mass is 9.88. The van der Waals surface area contributed by atoms with Crippen LogP contribution in [0.5, 0.6) is 0 Å². The number of hydrogen-bond acceptors (Lipinski definition) is 4. The van der Waals surface area contributed by atoms with Crippen LogP contribution in [0.3, 0.4) is 0 Å². The number of carbonyl (C=O) groups is 1. The van der Waals surface area contributed by atoms with Crippen LogP contribution in [0.2, 0.25) is 10.0 Å². The average molecular weight is 342 g/mol. The van der Waals surface area contributed by atoms with E-state index in [4.69, 9.17) is 27.9 Å². The summed E-state index contributed by atoms with van der Waals surface area (Å²) in [6.07, 6.45) is 0.753. The van der Waals surface area contributed by atoms with Crippen LogP contribution >= 0.6 is 23.2 Å². The topological polar surface area (TPSA) is 49.8 Å². The maximum absolute atomic E-state index is 12.3. The van der Waals surface area contributed by atoms with Crippen molar-refractivity contribution in [3.63, 3.8) is 0 Å². The molecule has 1 aromatic rings.